The lowest BCUT2D eigenvalue weighted by molar-refractivity contribution is 0.174. The molecule has 1 atom stereocenters. The minimum Gasteiger partial charge on any atom is -0.454 e. The third-order valence-electron chi connectivity index (χ3n) is 3.27. The van der Waals surface area contributed by atoms with E-state index in [-0.39, 0.29) is 5.54 Å². The zero-order valence-electron chi connectivity index (χ0n) is 9.16. The summed E-state index contributed by atoms with van der Waals surface area (Å²) in [6, 6.07) is 6.07. The Kier molecular flexibility index (Phi) is 2.26. The molecule has 0 unspecified atom stereocenters. The number of rotatable bonds is 2. The Labute approximate surface area is 94.7 Å². The molecule has 0 saturated carbocycles. The number of benzene rings is 1. The second-order valence-corrected chi connectivity index (χ2v) is 4.65. The van der Waals surface area contributed by atoms with Gasteiger partial charge in [0.1, 0.15) is 0 Å². The first kappa shape index (κ1) is 9.93. The van der Waals surface area contributed by atoms with Gasteiger partial charge in [-0.15, -0.1) is 0 Å². The van der Waals surface area contributed by atoms with E-state index in [1.54, 1.807) is 0 Å². The Morgan fingerprint density at radius 2 is 2.19 bits per heavy atom. The summed E-state index contributed by atoms with van der Waals surface area (Å²) in [5, 5.41) is 3.30. The molecule has 4 nitrogen and oxygen atoms in total. The molecule has 0 aromatic heterocycles. The van der Waals surface area contributed by atoms with Gasteiger partial charge in [-0.1, -0.05) is 6.07 Å². The Bertz CT molecular complexity index is 400. The average molecular weight is 220 g/mol. The Morgan fingerprint density at radius 1 is 1.31 bits per heavy atom. The molecule has 1 aromatic carbocycles. The summed E-state index contributed by atoms with van der Waals surface area (Å²) in [7, 11) is 0. The van der Waals surface area contributed by atoms with Crippen LogP contribution < -0.4 is 20.5 Å². The predicted octanol–water partition coefficient (Wildman–Crippen LogP) is 0.649. The van der Waals surface area contributed by atoms with Crippen LogP contribution >= 0.6 is 0 Å². The van der Waals surface area contributed by atoms with Gasteiger partial charge in [0.15, 0.2) is 11.5 Å². The summed E-state index contributed by atoms with van der Waals surface area (Å²) >= 11 is 0. The number of hydrogen-bond acceptors (Lipinski definition) is 4. The second-order valence-electron chi connectivity index (χ2n) is 4.65. The fourth-order valence-corrected chi connectivity index (χ4v) is 2.37. The van der Waals surface area contributed by atoms with Crippen LogP contribution in [0.15, 0.2) is 18.2 Å². The van der Waals surface area contributed by atoms with Gasteiger partial charge in [0.2, 0.25) is 6.79 Å². The van der Waals surface area contributed by atoms with E-state index in [1.165, 1.54) is 5.56 Å². The highest BCUT2D eigenvalue weighted by atomic mass is 16.7. The first-order valence-corrected chi connectivity index (χ1v) is 5.63. The third kappa shape index (κ3) is 1.74. The molecule has 0 radical (unpaired) electrons. The lowest BCUT2D eigenvalue weighted by atomic mass is 9.91. The van der Waals surface area contributed by atoms with Gasteiger partial charge >= 0.3 is 0 Å². The number of nitrogens with two attached hydrogens (primary N) is 1. The van der Waals surface area contributed by atoms with Crippen LogP contribution in [0.2, 0.25) is 0 Å². The summed E-state index contributed by atoms with van der Waals surface area (Å²) in [6.45, 7) is 2.23. The molecule has 1 aromatic rings. The Balaban J connectivity index is 1.80. The minimum atomic E-state index is -0.103. The van der Waals surface area contributed by atoms with Crippen molar-refractivity contribution in [2.24, 2.45) is 5.73 Å². The van der Waals surface area contributed by atoms with E-state index in [4.69, 9.17) is 15.2 Å². The van der Waals surface area contributed by atoms with E-state index in [1.807, 2.05) is 12.1 Å². The molecule has 3 N–H and O–H groups in total. The molecular weight excluding hydrogens is 204 g/mol. The first-order chi connectivity index (χ1) is 7.75. The van der Waals surface area contributed by atoms with E-state index < -0.39 is 0 Å². The molecule has 2 heterocycles. The van der Waals surface area contributed by atoms with Crippen LogP contribution in [-0.2, 0) is 6.42 Å². The monoisotopic (exact) mass is 220 g/mol. The van der Waals surface area contributed by atoms with Gasteiger partial charge in [0, 0.05) is 12.1 Å². The van der Waals surface area contributed by atoms with Crippen molar-refractivity contribution < 1.29 is 9.47 Å². The molecule has 16 heavy (non-hydrogen) atoms. The van der Waals surface area contributed by atoms with E-state index in [0.29, 0.717) is 6.79 Å². The minimum absolute atomic E-state index is 0.103. The quantitative estimate of drug-likeness (QED) is 0.768. The van der Waals surface area contributed by atoms with Crippen LogP contribution in [0.4, 0.5) is 0 Å². The highest BCUT2D eigenvalue weighted by Crippen LogP contribution is 2.33. The second kappa shape index (κ2) is 3.64. The van der Waals surface area contributed by atoms with E-state index in [2.05, 4.69) is 11.4 Å². The normalized spacial score (nSPS) is 27.3. The molecule has 1 fully saturated rings. The molecule has 3 rings (SSSR count). The molecule has 0 aliphatic carbocycles. The molecular formula is C12H16N2O2. The van der Waals surface area contributed by atoms with Gasteiger partial charge in [-0.25, -0.2) is 0 Å². The van der Waals surface area contributed by atoms with Crippen LogP contribution in [-0.4, -0.2) is 25.4 Å². The van der Waals surface area contributed by atoms with Crippen LogP contribution in [0.5, 0.6) is 11.5 Å². The molecule has 0 amide bonds. The maximum Gasteiger partial charge on any atom is 0.231 e. The Hall–Kier alpha value is -1.26. The van der Waals surface area contributed by atoms with Gasteiger partial charge in [0.25, 0.3) is 0 Å². The molecule has 4 heteroatoms. The summed E-state index contributed by atoms with van der Waals surface area (Å²) in [6.07, 6.45) is 1.91. The largest absolute Gasteiger partial charge is 0.454 e. The van der Waals surface area contributed by atoms with Gasteiger partial charge in [-0.3, -0.25) is 0 Å². The predicted molar refractivity (Wildman–Crippen MR) is 60.7 cm³/mol. The number of hydrogen-bond donors (Lipinski definition) is 2. The summed E-state index contributed by atoms with van der Waals surface area (Å²) in [5.41, 5.74) is 7.42. The fourth-order valence-electron chi connectivity index (χ4n) is 2.37. The number of fused-ring (bicyclic) bond motifs is 1. The molecule has 2 aliphatic rings. The number of ether oxygens (including phenoxy) is 2. The standard InChI is InChI=1S/C12H16N2O2/c13-12(3-4-14-7-12)6-9-1-2-10-11(5-9)16-8-15-10/h1-2,5,14H,3-4,6-8,13H2/t12-/m1/s1. The van der Waals surface area contributed by atoms with Crippen molar-refractivity contribution in [3.8, 4) is 11.5 Å². The van der Waals surface area contributed by atoms with Crippen LogP contribution in [0.1, 0.15) is 12.0 Å². The van der Waals surface area contributed by atoms with E-state index in [0.717, 1.165) is 37.4 Å². The van der Waals surface area contributed by atoms with Crippen molar-refractivity contribution in [3.05, 3.63) is 23.8 Å². The smallest absolute Gasteiger partial charge is 0.231 e. The average Bonchev–Trinajstić information content (AvgIpc) is 2.86. The topological polar surface area (TPSA) is 56.5 Å². The molecule has 86 valence electrons. The van der Waals surface area contributed by atoms with E-state index in [9.17, 15) is 0 Å². The van der Waals surface area contributed by atoms with Gasteiger partial charge in [-0.05, 0) is 37.1 Å². The maximum absolute atomic E-state index is 6.30. The third-order valence-corrected chi connectivity index (χ3v) is 3.27. The van der Waals surface area contributed by atoms with E-state index >= 15 is 0 Å². The van der Waals surface area contributed by atoms with Crippen molar-refractivity contribution in [3.63, 3.8) is 0 Å². The van der Waals surface area contributed by atoms with Gasteiger partial charge in [0.05, 0.1) is 0 Å². The maximum atomic E-state index is 6.30. The lowest BCUT2D eigenvalue weighted by Gasteiger charge is -2.22. The van der Waals surface area contributed by atoms with Gasteiger partial charge in [-0.2, -0.15) is 0 Å². The van der Waals surface area contributed by atoms with Crippen molar-refractivity contribution in [2.45, 2.75) is 18.4 Å². The van der Waals surface area contributed by atoms with Crippen molar-refractivity contribution in [1.29, 1.82) is 0 Å². The SMILES string of the molecule is N[C@@]1(Cc2ccc3c(c2)OCO3)CCNC1. The fraction of sp³-hybridized carbons (Fsp3) is 0.500. The van der Waals surface area contributed by atoms with Gasteiger partial charge < -0.3 is 20.5 Å². The molecule has 0 bridgehead atoms. The molecule has 0 spiro atoms. The highest BCUT2D eigenvalue weighted by Gasteiger charge is 2.29. The Morgan fingerprint density at radius 3 is 3.00 bits per heavy atom. The molecule has 1 saturated heterocycles. The van der Waals surface area contributed by atoms with Crippen molar-refractivity contribution >= 4 is 0 Å². The molecule has 2 aliphatic heterocycles. The highest BCUT2D eigenvalue weighted by molar-refractivity contribution is 5.44. The summed E-state index contributed by atoms with van der Waals surface area (Å²) in [4.78, 5) is 0. The summed E-state index contributed by atoms with van der Waals surface area (Å²) in [5.74, 6) is 1.67. The zero-order chi connectivity index (χ0) is 11.0. The summed E-state index contributed by atoms with van der Waals surface area (Å²) < 4.78 is 10.6. The van der Waals surface area contributed by atoms with Crippen molar-refractivity contribution in [2.75, 3.05) is 19.9 Å². The number of nitrogens with one attached hydrogen (secondary N) is 1. The zero-order valence-corrected chi connectivity index (χ0v) is 9.16. The lowest BCUT2D eigenvalue weighted by Crippen LogP contribution is -2.43. The van der Waals surface area contributed by atoms with Crippen LogP contribution in [0.3, 0.4) is 0 Å². The van der Waals surface area contributed by atoms with Crippen LogP contribution in [0, 0.1) is 0 Å². The van der Waals surface area contributed by atoms with Crippen molar-refractivity contribution in [1.82, 2.24) is 5.32 Å². The first-order valence-electron chi connectivity index (χ1n) is 5.63. The van der Waals surface area contributed by atoms with Crippen LogP contribution in [0.25, 0.3) is 0 Å².